The predicted molar refractivity (Wildman–Crippen MR) is 125 cm³/mol. The zero-order valence-corrected chi connectivity index (χ0v) is 18.9. The zero-order valence-electron chi connectivity index (χ0n) is 18.9. The number of ether oxygens (including phenoxy) is 1. The van der Waals surface area contributed by atoms with E-state index in [9.17, 15) is 9.18 Å². The van der Waals surface area contributed by atoms with Gasteiger partial charge in [0.2, 0.25) is 5.95 Å². The number of halogens is 1. The van der Waals surface area contributed by atoms with Crippen LogP contribution in [0.5, 0.6) is 0 Å². The Morgan fingerprint density at radius 1 is 1.03 bits per heavy atom. The number of anilines is 1. The van der Waals surface area contributed by atoms with Crippen LogP contribution >= 0.6 is 0 Å². The lowest BCUT2D eigenvalue weighted by atomic mass is 9.87. The van der Waals surface area contributed by atoms with Gasteiger partial charge in [-0.3, -0.25) is 9.13 Å². The molecule has 0 unspecified atom stereocenters. The molecule has 3 heterocycles. The lowest BCUT2D eigenvalue weighted by Gasteiger charge is -2.26. The fraction of sp³-hybridized carbons (Fsp3) is 0.480. The van der Waals surface area contributed by atoms with E-state index < -0.39 is 0 Å². The van der Waals surface area contributed by atoms with Crippen molar-refractivity contribution in [1.82, 2.24) is 19.1 Å². The number of benzene rings is 1. The molecule has 174 valence electrons. The summed E-state index contributed by atoms with van der Waals surface area (Å²) in [5, 5.41) is 3.48. The van der Waals surface area contributed by atoms with Crippen LogP contribution in [0, 0.1) is 11.7 Å². The first kappa shape index (κ1) is 21.8. The molecule has 2 aliphatic rings. The van der Waals surface area contributed by atoms with Crippen molar-refractivity contribution in [3.63, 3.8) is 0 Å². The van der Waals surface area contributed by atoms with Crippen LogP contribution in [0.4, 0.5) is 10.3 Å². The van der Waals surface area contributed by atoms with Crippen molar-refractivity contribution in [2.24, 2.45) is 5.92 Å². The van der Waals surface area contributed by atoms with Gasteiger partial charge in [0.1, 0.15) is 5.82 Å². The fourth-order valence-electron chi connectivity index (χ4n) is 4.87. The van der Waals surface area contributed by atoms with Crippen molar-refractivity contribution in [3.8, 4) is 17.1 Å². The van der Waals surface area contributed by atoms with E-state index >= 15 is 0 Å². The molecule has 3 aromatic rings. The second-order valence-electron chi connectivity index (χ2n) is 9.23. The Hall–Kier alpha value is -3.00. The monoisotopic (exact) mass is 451 g/mol. The summed E-state index contributed by atoms with van der Waals surface area (Å²) in [4.78, 5) is 22.7. The summed E-state index contributed by atoms with van der Waals surface area (Å²) in [6.07, 6.45) is 9.78. The maximum atomic E-state index is 13.6. The summed E-state index contributed by atoms with van der Waals surface area (Å²) < 4.78 is 22.5. The van der Waals surface area contributed by atoms with E-state index in [4.69, 9.17) is 9.72 Å². The molecule has 1 saturated heterocycles. The van der Waals surface area contributed by atoms with Crippen molar-refractivity contribution in [3.05, 3.63) is 59.0 Å². The highest BCUT2D eigenvalue weighted by atomic mass is 19.1. The molecule has 2 aromatic heterocycles. The standard InChI is InChI=1S/C25H30FN5O2/c1-17-2-6-19(7-3-17)28-24-27-13-10-22(29-24)23-16-30(20-11-14-33-15-12-20)25(32)31(23)21-8-4-18(26)5-9-21/h4-5,8-10,13,16-17,19-20H,2-3,6-7,11-12,14-15H2,1H3,(H,27,28,29). The van der Waals surface area contributed by atoms with Crippen LogP contribution in [-0.2, 0) is 4.74 Å². The summed E-state index contributed by atoms with van der Waals surface area (Å²) in [6.45, 7) is 3.57. The third-order valence-corrected chi connectivity index (χ3v) is 6.85. The van der Waals surface area contributed by atoms with Gasteiger partial charge in [0.15, 0.2) is 0 Å². The van der Waals surface area contributed by atoms with Crippen LogP contribution in [0.25, 0.3) is 17.1 Å². The molecule has 1 aliphatic heterocycles. The molecule has 1 aliphatic carbocycles. The molecule has 5 rings (SSSR count). The maximum Gasteiger partial charge on any atom is 0.333 e. The number of nitrogens with one attached hydrogen (secondary N) is 1. The first-order valence-electron chi connectivity index (χ1n) is 11.9. The Labute approximate surface area is 192 Å². The second-order valence-corrected chi connectivity index (χ2v) is 9.23. The van der Waals surface area contributed by atoms with Gasteiger partial charge in [0, 0.05) is 37.7 Å². The summed E-state index contributed by atoms with van der Waals surface area (Å²) in [5.74, 6) is 1.00. The van der Waals surface area contributed by atoms with E-state index in [-0.39, 0.29) is 17.5 Å². The van der Waals surface area contributed by atoms with Gasteiger partial charge in [-0.2, -0.15) is 0 Å². The molecule has 0 atom stereocenters. The van der Waals surface area contributed by atoms with Crippen LogP contribution in [0.1, 0.15) is 51.5 Å². The summed E-state index contributed by atoms with van der Waals surface area (Å²) in [7, 11) is 0. The minimum absolute atomic E-state index is 0.0651. The van der Waals surface area contributed by atoms with Gasteiger partial charge >= 0.3 is 5.69 Å². The normalized spacial score (nSPS) is 21.8. The van der Waals surface area contributed by atoms with Gasteiger partial charge in [-0.05, 0) is 74.8 Å². The smallest absolute Gasteiger partial charge is 0.333 e. The Morgan fingerprint density at radius 2 is 1.76 bits per heavy atom. The van der Waals surface area contributed by atoms with Crippen molar-refractivity contribution in [1.29, 1.82) is 0 Å². The third kappa shape index (κ3) is 4.71. The highest BCUT2D eigenvalue weighted by Gasteiger charge is 2.24. The largest absolute Gasteiger partial charge is 0.381 e. The van der Waals surface area contributed by atoms with E-state index in [1.807, 2.05) is 12.3 Å². The quantitative estimate of drug-likeness (QED) is 0.615. The third-order valence-electron chi connectivity index (χ3n) is 6.85. The Morgan fingerprint density at radius 3 is 2.48 bits per heavy atom. The molecule has 0 amide bonds. The number of imidazole rings is 1. The van der Waals surface area contributed by atoms with E-state index in [0.29, 0.717) is 42.3 Å². The van der Waals surface area contributed by atoms with E-state index in [2.05, 4.69) is 17.2 Å². The maximum absolute atomic E-state index is 13.6. The lowest BCUT2D eigenvalue weighted by Crippen LogP contribution is -2.30. The van der Waals surface area contributed by atoms with Crippen molar-refractivity contribution < 1.29 is 9.13 Å². The molecule has 0 bridgehead atoms. The zero-order chi connectivity index (χ0) is 22.8. The van der Waals surface area contributed by atoms with Crippen molar-refractivity contribution in [2.75, 3.05) is 18.5 Å². The van der Waals surface area contributed by atoms with E-state index in [0.717, 1.165) is 31.6 Å². The predicted octanol–water partition coefficient (Wildman–Crippen LogP) is 4.58. The molecule has 8 heteroatoms. The minimum atomic E-state index is -0.340. The highest BCUT2D eigenvalue weighted by Crippen LogP contribution is 2.28. The number of nitrogens with zero attached hydrogens (tertiary/aromatic N) is 4. The van der Waals surface area contributed by atoms with Crippen LogP contribution in [-0.4, -0.2) is 38.4 Å². The average Bonchev–Trinajstić information content (AvgIpc) is 3.19. The van der Waals surface area contributed by atoms with Gasteiger partial charge in [0.05, 0.1) is 17.1 Å². The molecule has 2 fully saturated rings. The molecule has 1 N–H and O–H groups in total. The van der Waals surface area contributed by atoms with Crippen LogP contribution in [0.3, 0.4) is 0 Å². The molecule has 0 radical (unpaired) electrons. The highest BCUT2D eigenvalue weighted by molar-refractivity contribution is 5.59. The van der Waals surface area contributed by atoms with E-state index in [1.54, 1.807) is 27.5 Å². The SMILES string of the molecule is CC1CCC(Nc2nccc(-c3cn(C4CCOCC4)c(=O)n3-c3ccc(F)cc3)n2)CC1. The fourth-order valence-corrected chi connectivity index (χ4v) is 4.87. The van der Waals surface area contributed by atoms with Gasteiger partial charge in [-0.25, -0.2) is 19.2 Å². The first-order valence-corrected chi connectivity index (χ1v) is 11.9. The minimum Gasteiger partial charge on any atom is -0.381 e. The molecule has 7 nitrogen and oxygen atoms in total. The van der Waals surface area contributed by atoms with Crippen LogP contribution in [0.2, 0.25) is 0 Å². The Kier molecular flexibility index (Phi) is 6.26. The lowest BCUT2D eigenvalue weighted by molar-refractivity contribution is 0.0686. The number of hydrogen-bond donors (Lipinski definition) is 1. The van der Waals surface area contributed by atoms with Crippen molar-refractivity contribution >= 4 is 5.95 Å². The number of hydrogen-bond acceptors (Lipinski definition) is 5. The second kappa shape index (κ2) is 9.47. The Balaban J connectivity index is 1.52. The summed E-state index contributed by atoms with van der Waals surface area (Å²) in [6, 6.07) is 8.23. The molecule has 33 heavy (non-hydrogen) atoms. The van der Waals surface area contributed by atoms with Gasteiger partial charge in [-0.15, -0.1) is 0 Å². The molecule has 1 saturated carbocycles. The summed E-state index contributed by atoms with van der Waals surface area (Å²) in [5.41, 5.74) is 1.78. The number of rotatable bonds is 5. The Bertz CT molecular complexity index is 1140. The molecular weight excluding hydrogens is 421 g/mol. The topological polar surface area (TPSA) is 74.0 Å². The van der Waals surface area contributed by atoms with Gasteiger partial charge in [-0.1, -0.05) is 6.92 Å². The van der Waals surface area contributed by atoms with Crippen LogP contribution in [0.15, 0.2) is 47.5 Å². The molecule has 1 aromatic carbocycles. The summed E-state index contributed by atoms with van der Waals surface area (Å²) >= 11 is 0. The van der Waals surface area contributed by atoms with Crippen molar-refractivity contribution in [2.45, 2.75) is 57.5 Å². The molecular formula is C25H30FN5O2. The van der Waals surface area contributed by atoms with Crippen LogP contribution < -0.4 is 11.0 Å². The van der Waals surface area contributed by atoms with E-state index in [1.165, 1.54) is 25.0 Å². The van der Waals surface area contributed by atoms with Gasteiger partial charge in [0.25, 0.3) is 0 Å². The molecule has 0 spiro atoms. The first-order chi connectivity index (χ1) is 16.1. The van der Waals surface area contributed by atoms with Gasteiger partial charge < -0.3 is 10.1 Å². The number of aromatic nitrogens is 4. The average molecular weight is 452 g/mol.